The average molecular weight is 274 g/mol. The van der Waals surface area contributed by atoms with Gasteiger partial charge in [0.25, 0.3) is 0 Å². The van der Waals surface area contributed by atoms with E-state index in [0.717, 1.165) is 19.7 Å². The minimum Gasteiger partial charge on any atom is -0.382 e. The molecule has 1 unspecified atom stereocenters. The quantitative estimate of drug-likeness (QED) is 0.563. The molecule has 1 saturated heterocycles. The molecule has 0 bridgehead atoms. The van der Waals surface area contributed by atoms with Crippen molar-refractivity contribution in [2.45, 2.75) is 25.3 Å². The molecule has 0 saturated carbocycles. The van der Waals surface area contributed by atoms with E-state index in [4.69, 9.17) is 14.2 Å². The third-order valence-corrected chi connectivity index (χ3v) is 3.53. The Hall–Kier alpha value is -0.200. The molecule has 5 heteroatoms. The zero-order chi connectivity index (χ0) is 13.8. The Morgan fingerprint density at radius 2 is 1.79 bits per heavy atom. The van der Waals surface area contributed by atoms with Gasteiger partial charge in [-0.05, 0) is 26.4 Å². The summed E-state index contributed by atoms with van der Waals surface area (Å²) in [6.07, 6.45) is 4.03. The van der Waals surface area contributed by atoms with Crippen molar-refractivity contribution in [2.75, 3.05) is 66.8 Å². The van der Waals surface area contributed by atoms with Crippen LogP contribution in [0.2, 0.25) is 0 Å². The first-order valence-electron chi connectivity index (χ1n) is 7.40. The van der Waals surface area contributed by atoms with Crippen LogP contribution in [0.5, 0.6) is 0 Å². The van der Waals surface area contributed by atoms with Gasteiger partial charge in [-0.3, -0.25) is 0 Å². The maximum atomic E-state index is 5.49. The van der Waals surface area contributed by atoms with Gasteiger partial charge in [0, 0.05) is 26.2 Å². The van der Waals surface area contributed by atoms with Crippen LogP contribution in [-0.4, -0.2) is 77.8 Å². The van der Waals surface area contributed by atoms with Crippen molar-refractivity contribution in [1.29, 1.82) is 0 Å². The highest BCUT2D eigenvalue weighted by Crippen LogP contribution is 2.13. The summed E-state index contributed by atoms with van der Waals surface area (Å²) in [6, 6.07) is 0.700. The van der Waals surface area contributed by atoms with Crippen LogP contribution in [0.25, 0.3) is 0 Å². The Morgan fingerprint density at radius 1 is 1.05 bits per heavy atom. The lowest BCUT2D eigenvalue weighted by atomic mass is 10.0. The second kappa shape index (κ2) is 11.6. The second-order valence-corrected chi connectivity index (χ2v) is 5.05. The van der Waals surface area contributed by atoms with Gasteiger partial charge in [0.2, 0.25) is 0 Å². The Labute approximate surface area is 117 Å². The number of nitrogens with one attached hydrogen (secondary N) is 1. The van der Waals surface area contributed by atoms with Crippen LogP contribution >= 0.6 is 0 Å². The Kier molecular flexibility index (Phi) is 10.3. The van der Waals surface area contributed by atoms with Crippen LogP contribution in [0.15, 0.2) is 0 Å². The molecule has 0 aliphatic carbocycles. The van der Waals surface area contributed by atoms with Crippen LogP contribution in [0.1, 0.15) is 19.3 Å². The molecule has 0 aromatic carbocycles. The van der Waals surface area contributed by atoms with E-state index in [0.29, 0.717) is 32.5 Å². The van der Waals surface area contributed by atoms with Crippen molar-refractivity contribution in [3.63, 3.8) is 0 Å². The molecule has 1 heterocycles. The predicted octanol–water partition coefficient (Wildman–Crippen LogP) is 0.740. The van der Waals surface area contributed by atoms with Crippen molar-refractivity contribution < 1.29 is 14.2 Å². The lowest BCUT2D eigenvalue weighted by molar-refractivity contribution is 0.0253. The summed E-state index contributed by atoms with van der Waals surface area (Å²) in [6.45, 7) is 6.59. The number of ether oxygens (including phenoxy) is 3. The summed E-state index contributed by atoms with van der Waals surface area (Å²) in [5.41, 5.74) is 0. The minimum atomic E-state index is 0.645. The number of piperidine rings is 1. The molecule has 1 rings (SSSR count). The topological polar surface area (TPSA) is 43.0 Å². The summed E-state index contributed by atoms with van der Waals surface area (Å²) in [5, 5.41) is 3.47. The Bertz CT molecular complexity index is 205. The average Bonchev–Trinajstić information content (AvgIpc) is 2.43. The normalized spacial score (nSPS) is 20.8. The molecule has 1 N–H and O–H groups in total. The van der Waals surface area contributed by atoms with E-state index >= 15 is 0 Å². The number of rotatable bonds is 11. The predicted molar refractivity (Wildman–Crippen MR) is 76.7 cm³/mol. The second-order valence-electron chi connectivity index (χ2n) is 5.05. The van der Waals surface area contributed by atoms with Crippen molar-refractivity contribution >= 4 is 0 Å². The summed E-state index contributed by atoms with van der Waals surface area (Å²) in [5.74, 6) is 0. The number of likely N-dealkylation sites (tertiary alicyclic amines) is 1. The number of hydrogen-bond acceptors (Lipinski definition) is 5. The van der Waals surface area contributed by atoms with Gasteiger partial charge in [-0.25, -0.2) is 0 Å². The van der Waals surface area contributed by atoms with Gasteiger partial charge >= 0.3 is 0 Å². The first kappa shape index (κ1) is 16.9. The number of likely N-dealkylation sites (N-methyl/N-ethyl adjacent to an activating group) is 1. The Morgan fingerprint density at radius 3 is 2.53 bits per heavy atom. The lowest BCUT2D eigenvalue weighted by Crippen LogP contribution is -2.43. The van der Waals surface area contributed by atoms with E-state index in [9.17, 15) is 0 Å². The monoisotopic (exact) mass is 274 g/mol. The largest absolute Gasteiger partial charge is 0.382 e. The third kappa shape index (κ3) is 8.55. The van der Waals surface area contributed by atoms with Crippen molar-refractivity contribution in [3.8, 4) is 0 Å². The molecular formula is C14H30N2O3. The molecule has 114 valence electrons. The van der Waals surface area contributed by atoms with E-state index in [-0.39, 0.29) is 0 Å². The first-order valence-corrected chi connectivity index (χ1v) is 7.40. The highest BCUT2D eigenvalue weighted by molar-refractivity contribution is 4.75. The molecule has 0 radical (unpaired) electrons. The molecule has 0 aromatic rings. The standard InChI is InChI=1S/C14H30N2O3/c1-16-7-4-3-5-14(16)13-15-6-8-18-11-12-19-10-9-17-2/h14-15H,3-13H2,1-2H3. The fourth-order valence-electron chi connectivity index (χ4n) is 2.28. The zero-order valence-corrected chi connectivity index (χ0v) is 12.5. The van der Waals surface area contributed by atoms with Crippen LogP contribution < -0.4 is 5.32 Å². The van der Waals surface area contributed by atoms with Gasteiger partial charge in [0.1, 0.15) is 0 Å². The van der Waals surface area contributed by atoms with Crippen LogP contribution in [0.3, 0.4) is 0 Å². The van der Waals surface area contributed by atoms with E-state index < -0.39 is 0 Å². The maximum Gasteiger partial charge on any atom is 0.0701 e. The molecule has 0 amide bonds. The molecule has 5 nitrogen and oxygen atoms in total. The molecule has 1 aliphatic rings. The molecule has 19 heavy (non-hydrogen) atoms. The van der Waals surface area contributed by atoms with Crippen LogP contribution in [0, 0.1) is 0 Å². The zero-order valence-electron chi connectivity index (χ0n) is 12.5. The summed E-state index contributed by atoms with van der Waals surface area (Å²) < 4.78 is 15.7. The SMILES string of the molecule is COCCOCCOCCNCC1CCCCN1C. The van der Waals surface area contributed by atoms with Gasteiger partial charge in [-0.15, -0.1) is 0 Å². The molecule has 1 atom stereocenters. The van der Waals surface area contributed by atoms with E-state index in [2.05, 4.69) is 17.3 Å². The van der Waals surface area contributed by atoms with E-state index in [1.54, 1.807) is 7.11 Å². The van der Waals surface area contributed by atoms with Gasteiger partial charge in [0.05, 0.1) is 33.0 Å². The summed E-state index contributed by atoms with van der Waals surface area (Å²) in [7, 11) is 3.90. The maximum absolute atomic E-state index is 5.49. The van der Waals surface area contributed by atoms with Gasteiger partial charge in [0.15, 0.2) is 0 Å². The third-order valence-electron chi connectivity index (χ3n) is 3.53. The first-order chi connectivity index (χ1) is 9.34. The Balaban J connectivity index is 1.80. The van der Waals surface area contributed by atoms with Crippen LogP contribution in [0.4, 0.5) is 0 Å². The molecule has 0 spiro atoms. The van der Waals surface area contributed by atoms with E-state index in [1.165, 1.54) is 25.8 Å². The minimum absolute atomic E-state index is 0.645. The summed E-state index contributed by atoms with van der Waals surface area (Å²) in [4.78, 5) is 2.46. The lowest BCUT2D eigenvalue weighted by Gasteiger charge is -2.32. The van der Waals surface area contributed by atoms with Crippen molar-refractivity contribution in [2.24, 2.45) is 0 Å². The highest BCUT2D eigenvalue weighted by Gasteiger charge is 2.17. The molecule has 1 aliphatic heterocycles. The van der Waals surface area contributed by atoms with Crippen LogP contribution in [-0.2, 0) is 14.2 Å². The summed E-state index contributed by atoms with van der Waals surface area (Å²) >= 11 is 0. The smallest absolute Gasteiger partial charge is 0.0701 e. The molecule has 1 fully saturated rings. The number of methoxy groups -OCH3 is 1. The highest BCUT2D eigenvalue weighted by atomic mass is 16.5. The van der Waals surface area contributed by atoms with Crippen molar-refractivity contribution in [1.82, 2.24) is 10.2 Å². The fraction of sp³-hybridized carbons (Fsp3) is 1.00. The number of hydrogen-bond donors (Lipinski definition) is 1. The fourth-order valence-corrected chi connectivity index (χ4v) is 2.28. The number of nitrogens with zero attached hydrogens (tertiary/aromatic N) is 1. The van der Waals surface area contributed by atoms with Gasteiger partial charge in [-0.2, -0.15) is 0 Å². The van der Waals surface area contributed by atoms with Crippen molar-refractivity contribution in [3.05, 3.63) is 0 Å². The molecule has 0 aromatic heterocycles. The van der Waals surface area contributed by atoms with Gasteiger partial charge in [-0.1, -0.05) is 6.42 Å². The van der Waals surface area contributed by atoms with Gasteiger partial charge < -0.3 is 24.4 Å². The van der Waals surface area contributed by atoms with E-state index in [1.807, 2.05) is 0 Å². The molecular weight excluding hydrogens is 244 g/mol.